The highest BCUT2D eigenvalue weighted by molar-refractivity contribution is 8.04. The van der Waals surface area contributed by atoms with Crippen LogP contribution in [0.25, 0.3) is 11.7 Å². The molecule has 4 heterocycles. The largest absolute Gasteiger partial charge is 0.417 e. The van der Waals surface area contributed by atoms with Crippen molar-refractivity contribution in [3.05, 3.63) is 69.9 Å². The molecule has 40 heavy (non-hydrogen) atoms. The number of halogens is 6. The maximum Gasteiger partial charge on any atom is 0.417 e. The van der Waals surface area contributed by atoms with Crippen LogP contribution < -0.4 is 5.32 Å². The van der Waals surface area contributed by atoms with Crippen molar-refractivity contribution in [3.8, 4) is 0 Å². The zero-order chi connectivity index (χ0) is 28.7. The molecule has 0 spiro atoms. The van der Waals surface area contributed by atoms with Gasteiger partial charge in [0.25, 0.3) is 11.8 Å². The van der Waals surface area contributed by atoms with Gasteiger partial charge in [-0.1, -0.05) is 17.8 Å². The summed E-state index contributed by atoms with van der Waals surface area (Å²) in [5, 5.41) is 3.81. The maximum atomic E-state index is 13.4. The molecule has 0 unspecified atom stereocenters. The summed E-state index contributed by atoms with van der Waals surface area (Å²) in [4.78, 5) is 31.6. The Kier molecular flexibility index (Phi) is 7.60. The van der Waals surface area contributed by atoms with E-state index >= 15 is 0 Å². The molecule has 5 rings (SSSR count). The Hall–Kier alpha value is -3.48. The molecule has 3 aromatic rings. The molecule has 13 heteroatoms. The number of nitrogens with zero attached hydrogens (tertiary/aromatic N) is 3. The molecular formula is C27H24F6N4O2S. The van der Waals surface area contributed by atoms with Gasteiger partial charge in [0.1, 0.15) is 5.65 Å². The van der Waals surface area contributed by atoms with Crippen LogP contribution >= 0.6 is 11.8 Å². The minimum Gasteiger partial charge on any atom is -0.352 e. The highest BCUT2D eigenvalue weighted by Gasteiger charge is 2.40. The van der Waals surface area contributed by atoms with E-state index in [0.29, 0.717) is 42.8 Å². The molecule has 2 aliphatic heterocycles. The Balaban J connectivity index is 1.11. The lowest BCUT2D eigenvalue weighted by atomic mass is 9.91. The molecule has 0 radical (unpaired) electrons. The average Bonchev–Trinajstić information content (AvgIpc) is 3.34. The molecule has 1 saturated heterocycles. The molecule has 2 amide bonds. The predicted molar refractivity (Wildman–Crippen MR) is 136 cm³/mol. The SMILES string of the molecule is O=C(NCCCC1CCN(C(=O)c2cc(C(F)(F)F)ccc2C(F)(F)F)CC1)C1=Cc2cnc3cccc(n23)S1. The van der Waals surface area contributed by atoms with Crippen molar-refractivity contribution < 1.29 is 35.9 Å². The van der Waals surface area contributed by atoms with Gasteiger partial charge in [-0.3, -0.25) is 14.0 Å². The number of imidazole rings is 1. The van der Waals surface area contributed by atoms with Gasteiger partial charge in [-0.15, -0.1) is 0 Å². The number of hydrogen-bond acceptors (Lipinski definition) is 4. The van der Waals surface area contributed by atoms with Gasteiger partial charge >= 0.3 is 12.4 Å². The maximum absolute atomic E-state index is 13.4. The summed E-state index contributed by atoms with van der Waals surface area (Å²) in [5.74, 6) is -1.07. The van der Waals surface area contributed by atoms with Crippen molar-refractivity contribution >= 4 is 35.3 Å². The van der Waals surface area contributed by atoms with Crippen molar-refractivity contribution in [3.63, 3.8) is 0 Å². The highest BCUT2D eigenvalue weighted by atomic mass is 32.2. The number of amides is 2. The summed E-state index contributed by atoms with van der Waals surface area (Å²) >= 11 is 1.36. The lowest BCUT2D eigenvalue weighted by Crippen LogP contribution is -2.39. The summed E-state index contributed by atoms with van der Waals surface area (Å²) in [7, 11) is 0. The Labute approximate surface area is 229 Å². The normalized spacial score (nSPS) is 16.2. The number of thioether (sulfide) groups is 1. The van der Waals surface area contributed by atoms with Gasteiger partial charge in [0.15, 0.2) is 0 Å². The smallest absolute Gasteiger partial charge is 0.352 e. The second-order valence-corrected chi connectivity index (χ2v) is 10.8. The summed E-state index contributed by atoms with van der Waals surface area (Å²) < 4.78 is 81.6. The van der Waals surface area contributed by atoms with Gasteiger partial charge in [0.05, 0.1) is 38.5 Å². The number of carbonyl (C=O) groups is 2. The van der Waals surface area contributed by atoms with Crippen LogP contribution in [0.4, 0.5) is 26.3 Å². The van der Waals surface area contributed by atoms with E-state index in [9.17, 15) is 35.9 Å². The lowest BCUT2D eigenvalue weighted by molar-refractivity contribution is -0.141. The van der Waals surface area contributed by atoms with Crippen LogP contribution in [-0.4, -0.2) is 45.7 Å². The van der Waals surface area contributed by atoms with Crippen molar-refractivity contribution in [1.29, 1.82) is 0 Å². The standard InChI is InChI=1S/C27H24F6N4O2S/c28-26(29,30)17-6-7-20(27(31,32)33)19(13-17)25(39)36-11-8-16(9-12-36)3-2-10-34-24(38)21-14-18-15-35-22-4-1-5-23(40-21)37(18)22/h1,4-7,13-16H,2-3,8-12H2,(H,34,38). The van der Waals surface area contributed by atoms with E-state index in [0.717, 1.165) is 22.8 Å². The van der Waals surface area contributed by atoms with E-state index < -0.39 is 35.0 Å². The average molecular weight is 583 g/mol. The molecule has 1 aromatic carbocycles. The minimum absolute atomic E-state index is 0.145. The lowest BCUT2D eigenvalue weighted by Gasteiger charge is -2.33. The van der Waals surface area contributed by atoms with E-state index in [4.69, 9.17) is 0 Å². The quantitative estimate of drug-likeness (QED) is 0.275. The van der Waals surface area contributed by atoms with Crippen LogP contribution in [-0.2, 0) is 17.1 Å². The van der Waals surface area contributed by atoms with Gasteiger partial charge in [-0.25, -0.2) is 4.98 Å². The number of rotatable bonds is 6. The Morgan fingerprint density at radius 2 is 1.77 bits per heavy atom. The second kappa shape index (κ2) is 10.8. The summed E-state index contributed by atoms with van der Waals surface area (Å²) in [6, 6.07) is 6.61. The van der Waals surface area contributed by atoms with E-state index in [-0.39, 0.29) is 31.0 Å². The zero-order valence-electron chi connectivity index (χ0n) is 21.0. The molecule has 0 aliphatic carbocycles. The van der Waals surface area contributed by atoms with Crippen LogP contribution in [0.15, 0.2) is 52.5 Å². The fourth-order valence-corrected chi connectivity index (χ4v) is 6.02. The topological polar surface area (TPSA) is 66.7 Å². The molecule has 0 saturated carbocycles. The first-order valence-electron chi connectivity index (χ1n) is 12.6. The Bertz CT molecular complexity index is 1470. The number of nitrogens with one attached hydrogen (secondary N) is 1. The van der Waals surface area contributed by atoms with Gasteiger partial charge in [-0.05, 0) is 68.0 Å². The van der Waals surface area contributed by atoms with Crippen LogP contribution in [0, 0.1) is 5.92 Å². The first kappa shape index (κ1) is 28.1. The van der Waals surface area contributed by atoms with Crippen LogP contribution in [0.2, 0.25) is 0 Å². The van der Waals surface area contributed by atoms with Gasteiger partial charge in [0.2, 0.25) is 0 Å². The molecule has 0 atom stereocenters. The number of alkyl halides is 6. The van der Waals surface area contributed by atoms with Crippen LogP contribution in [0.1, 0.15) is 52.9 Å². The fraction of sp³-hybridized carbons (Fsp3) is 0.370. The Morgan fingerprint density at radius 3 is 2.48 bits per heavy atom. The van der Waals surface area contributed by atoms with Gasteiger partial charge in [0, 0.05) is 19.6 Å². The number of pyridine rings is 1. The molecule has 1 N–H and O–H groups in total. The summed E-state index contributed by atoms with van der Waals surface area (Å²) in [6.45, 7) is 0.719. The van der Waals surface area contributed by atoms with Crippen LogP contribution in [0.5, 0.6) is 0 Å². The molecular weight excluding hydrogens is 558 g/mol. The zero-order valence-corrected chi connectivity index (χ0v) is 21.8. The van der Waals surface area contributed by atoms with Crippen molar-refractivity contribution in [1.82, 2.24) is 19.6 Å². The predicted octanol–water partition coefficient (Wildman–Crippen LogP) is 6.27. The van der Waals surface area contributed by atoms with E-state index in [1.807, 2.05) is 22.6 Å². The van der Waals surface area contributed by atoms with Crippen molar-refractivity contribution in [2.24, 2.45) is 5.92 Å². The monoisotopic (exact) mass is 582 g/mol. The number of benzene rings is 1. The molecule has 212 valence electrons. The Morgan fingerprint density at radius 1 is 1.02 bits per heavy atom. The third kappa shape index (κ3) is 5.84. The molecule has 2 aromatic heterocycles. The third-order valence-corrected chi connectivity index (χ3v) is 8.15. The number of likely N-dealkylation sites (tertiary alicyclic amines) is 1. The number of hydrogen-bond donors (Lipinski definition) is 1. The second-order valence-electron chi connectivity index (χ2n) is 9.74. The summed E-state index contributed by atoms with van der Waals surface area (Å²) in [5.41, 5.74) is -2.04. The molecule has 0 bridgehead atoms. The van der Waals surface area contributed by atoms with Crippen molar-refractivity contribution in [2.75, 3.05) is 19.6 Å². The highest BCUT2D eigenvalue weighted by Crippen LogP contribution is 2.38. The molecule has 1 fully saturated rings. The van der Waals surface area contributed by atoms with E-state index in [1.54, 1.807) is 12.3 Å². The summed E-state index contributed by atoms with van der Waals surface area (Å²) in [6.07, 6.45) is -3.92. The number of piperidine rings is 1. The van der Waals surface area contributed by atoms with E-state index in [1.165, 1.54) is 16.7 Å². The first-order valence-corrected chi connectivity index (χ1v) is 13.5. The first-order chi connectivity index (χ1) is 18.9. The molecule has 2 aliphatic rings. The number of carbonyl (C=O) groups excluding carboxylic acids is 2. The minimum atomic E-state index is -4.96. The van der Waals surface area contributed by atoms with Crippen LogP contribution in [0.3, 0.4) is 0 Å². The number of aromatic nitrogens is 2. The third-order valence-electron chi connectivity index (χ3n) is 7.10. The van der Waals surface area contributed by atoms with Gasteiger partial charge in [-0.2, -0.15) is 26.3 Å². The van der Waals surface area contributed by atoms with Gasteiger partial charge < -0.3 is 10.2 Å². The molecule has 6 nitrogen and oxygen atoms in total. The fourth-order valence-electron chi connectivity index (χ4n) is 5.02. The van der Waals surface area contributed by atoms with E-state index in [2.05, 4.69) is 10.3 Å². The van der Waals surface area contributed by atoms with Crippen molar-refractivity contribution in [2.45, 2.75) is 43.1 Å².